The molecule has 3 aromatic rings. The van der Waals surface area contributed by atoms with Gasteiger partial charge in [-0.15, -0.1) is 0 Å². The first-order valence-corrected chi connectivity index (χ1v) is 10.4. The highest BCUT2D eigenvalue weighted by molar-refractivity contribution is 5.79. The Balaban J connectivity index is 1.49. The van der Waals surface area contributed by atoms with Crippen LogP contribution < -0.4 is 0 Å². The molecule has 2 aromatic heterocycles. The summed E-state index contributed by atoms with van der Waals surface area (Å²) in [5, 5.41) is 3.93. The summed E-state index contributed by atoms with van der Waals surface area (Å²) in [6.45, 7) is 6.98. The largest absolute Gasteiger partial charge is 0.368 e. The molecule has 3 heterocycles. The first kappa shape index (κ1) is 21.2. The molecule has 1 amide bonds. The molecule has 0 unspecified atom stereocenters. The Kier molecular flexibility index (Phi) is 6.13. The Morgan fingerprint density at radius 2 is 2.03 bits per heavy atom. The van der Waals surface area contributed by atoms with Gasteiger partial charge >= 0.3 is 0 Å². The summed E-state index contributed by atoms with van der Waals surface area (Å²) < 4.78 is 25.2. The van der Waals surface area contributed by atoms with Crippen molar-refractivity contribution >= 4 is 5.91 Å². The van der Waals surface area contributed by atoms with Crippen molar-refractivity contribution in [2.24, 2.45) is 0 Å². The Labute approximate surface area is 181 Å². The Morgan fingerprint density at radius 3 is 2.77 bits per heavy atom. The lowest BCUT2D eigenvalue weighted by Crippen LogP contribution is -2.43. The van der Waals surface area contributed by atoms with Crippen LogP contribution in [0.5, 0.6) is 0 Å². The normalized spacial score (nSPS) is 16.5. The van der Waals surface area contributed by atoms with Crippen LogP contribution in [-0.4, -0.2) is 40.6 Å². The average molecular weight is 423 g/mol. The van der Waals surface area contributed by atoms with E-state index in [0.717, 1.165) is 28.2 Å². The van der Waals surface area contributed by atoms with Gasteiger partial charge < -0.3 is 14.2 Å². The molecular formula is C24H26FN3O3. The Bertz CT molecular complexity index is 1080. The topological polar surface area (TPSA) is 68.5 Å². The first-order chi connectivity index (χ1) is 14.9. The van der Waals surface area contributed by atoms with Gasteiger partial charge in [0.05, 0.1) is 31.0 Å². The lowest BCUT2D eigenvalue weighted by molar-refractivity contribution is -0.138. The Morgan fingerprint density at radius 1 is 1.23 bits per heavy atom. The number of aryl methyl sites for hydroxylation is 3. The van der Waals surface area contributed by atoms with E-state index >= 15 is 0 Å². The summed E-state index contributed by atoms with van der Waals surface area (Å²) in [5.74, 6) is 0.472. The minimum Gasteiger partial charge on any atom is -0.368 e. The van der Waals surface area contributed by atoms with E-state index in [1.807, 2.05) is 39.0 Å². The number of ether oxygens (including phenoxy) is 1. The van der Waals surface area contributed by atoms with E-state index < -0.39 is 0 Å². The third-order valence-electron chi connectivity index (χ3n) is 5.64. The molecule has 1 aliphatic rings. The highest BCUT2D eigenvalue weighted by atomic mass is 19.1. The van der Waals surface area contributed by atoms with Gasteiger partial charge in [-0.2, -0.15) is 0 Å². The maximum Gasteiger partial charge on any atom is 0.227 e. The van der Waals surface area contributed by atoms with Crippen molar-refractivity contribution in [3.05, 3.63) is 81.7 Å². The monoisotopic (exact) mass is 423 g/mol. The molecule has 1 saturated heterocycles. The van der Waals surface area contributed by atoms with Gasteiger partial charge in [-0.25, -0.2) is 4.39 Å². The van der Waals surface area contributed by atoms with E-state index in [0.29, 0.717) is 37.4 Å². The van der Waals surface area contributed by atoms with E-state index in [1.165, 1.54) is 6.07 Å². The number of aromatic nitrogens is 2. The predicted octanol–water partition coefficient (Wildman–Crippen LogP) is 3.87. The number of hydrogen-bond donors (Lipinski definition) is 0. The number of nitrogens with zero attached hydrogens (tertiary/aromatic N) is 3. The van der Waals surface area contributed by atoms with E-state index in [2.05, 4.69) is 10.1 Å². The molecule has 1 aromatic carbocycles. The van der Waals surface area contributed by atoms with Gasteiger partial charge in [0.25, 0.3) is 0 Å². The molecule has 0 N–H and O–H groups in total. The summed E-state index contributed by atoms with van der Waals surface area (Å²) in [6.07, 6.45) is 0.416. The molecule has 0 radical (unpaired) electrons. The number of morpholine rings is 1. The third-order valence-corrected chi connectivity index (χ3v) is 5.64. The van der Waals surface area contributed by atoms with Crippen molar-refractivity contribution in [3.8, 4) is 0 Å². The predicted molar refractivity (Wildman–Crippen MR) is 113 cm³/mol. The van der Waals surface area contributed by atoms with Gasteiger partial charge in [-0.1, -0.05) is 23.4 Å². The second kappa shape index (κ2) is 8.98. The standard InChI is InChI=1S/C24H26FN3O3/c1-15-10-18(11-19-6-4-5-7-21(19)25)12-22(26-15)23-14-28(8-9-30-23)24(29)13-20-16(2)27-31-17(20)3/h4-7,10,12,23H,8-9,11,13-14H2,1-3H3/t23-/m1/s1. The molecule has 162 valence electrons. The van der Waals surface area contributed by atoms with Crippen molar-refractivity contribution in [1.29, 1.82) is 0 Å². The third kappa shape index (κ3) is 4.82. The highest BCUT2D eigenvalue weighted by Gasteiger charge is 2.28. The molecule has 1 aliphatic heterocycles. The van der Waals surface area contributed by atoms with Gasteiger partial charge in [0.2, 0.25) is 5.91 Å². The van der Waals surface area contributed by atoms with Crippen molar-refractivity contribution in [3.63, 3.8) is 0 Å². The summed E-state index contributed by atoms with van der Waals surface area (Å²) in [4.78, 5) is 19.3. The number of halogens is 1. The molecule has 1 fully saturated rings. The van der Waals surface area contributed by atoms with Crippen molar-refractivity contribution in [2.45, 2.75) is 39.7 Å². The zero-order valence-corrected chi connectivity index (χ0v) is 18.0. The van der Waals surface area contributed by atoms with Crippen LogP contribution in [0.25, 0.3) is 0 Å². The number of amides is 1. The fraction of sp³-hybridized carbons (Fsp3) is 0.375. The second-order valence-corrected chi connectivity index (χ2v) is 7.99. The van der Waals surface area contributed by atoms with Crippen LogP contribution in [0.4, 0.5) is 4.39 Å². The van der Waals surface area contributed by atoms with Gasteiger partial charge in [0.1, 0.15) is 17.7 Å². The van der Waals surface area contributed by atoms with Crippen LogP contribution in [0, 0.1) is 26.6 Å². The lowest BCUT2D eigenvalue weighted by atomic mass is 10.0. The number of benzene rings is 1. The summed E-state index contributed by atoms with van der Waals surface area (Å²) in [7, 11) is 0. The minimum atomic E-state index is -0.318. The highest BCUT2D eigenvalue weighted by Crippen LogP contribution is 2.25. The number of carbonyl (C=O) groups excluding carboxylic acids is 1. The first-order valence-electron chi connectivity index (χ1n) is 10.4. The van der Waals surface area contributed by atoms with Crippen molar-refractivity contribution in [1.82, 2.24) is 15.0 Å². The zero-order valence-electron chi connectivity index (χ0n) is 18.0. The van der Waals surface area contributed by atoms with E-state index in [4.69, 9.17) is 9.26 Å². The van der Waals surface area contributed by atoms with Crippen LogP contribution in [0.1, 0.15) is 45.6 Å². The fourth-order valence-electron chi connectivity index (χ4n) is 3.97. The molecule has 4 rings (SSSR count). The van der Waals surface area contributed by atoms with E-state index in [1.54, 1.807) is 17.0 Å². The number of pyridine rings is 1. The Hall–Kier alpha value is -3.06. The van der Waals surface area contributed by atoms with Crippen LogP contribution in [0.2, 0.25) is 0 Å². The lowest BCUT2D eigenvalue weighted by Gasteiger charge is -2.33. The maximum atomic E-state index is 14.1. The SMILES string of the molecule is Cc1cc(Cc2ccccc2F)cc([C@H]2CN(C(=O)Cc3c(C)noc3C)CCO2)n1. The fourth-order valence-corrected chi connectivity index (χ4v) is 3.97. The molecule has 7 heteroatoms. The second-order valence-electron chi connectivity index (χ2n) is 7.99. The molecule has 0 saturated carbocycles. The summed E-state index contributed by atoms with van der Waals surface area (Å²) in [5.41, 5.74) is 4.80. The molecule has 31 heavy (non-hydrogen) atoms. The van der Waals surface area contributed by atoms with Crippen LogP contribution >= 0.6 is 0 Å². The molecule has 6 nitrogen and oxygen atoms in total. The van der Waals surface area contributed by atoms with Crippen molar-refractivity contribution in [2.75, 3.05) is 19.7 Å². The summed E-state index contributed by atoms with van der Waals surface area (Å²) >= 11 is 0. The van der Waals surface area contributed by atoms with Gasteiger partial charge in [-0.3, -0.25) is 9.78 Å². The summed E-state index contributed by atoms with van der Waals surface area (Å²) in [6, 6.07) is 10.7. The molecule has 1 atom stereocenters. The van der Waals surface area contributed by atoms with E-state index in [9.17, 15) is 9.18 Å². The maximum absolute atomic E-state index is 14.1. The molecular weight excluding hydrogens is 397 g/mol. The number of hydrogen-bond acceptors (Lipinski definition) is 5. The van der Waals surface area contributed by atoms with E-state index in [-0.39, 0.29) is 24.2 Å². The quantitative estimate of drug-likeness (QED) is 0.623. The smallest absolute Gasteiger partial charge is 0.227 e. The van der Waals surface area contributed by atoms with Crippen LogP contribution in [0.3, 0.4) is 0 Å². The number of carbonyl (C=O) groups is 1. The van der Waals surface area contributed by atoms with Crippen molar-refractivity contribution < 1.29 is 18.4 Å². The van der Waals surface area contributed by atoms with Gasteiger partial charge in [0.15, 0.2) is 0 Å². The molecule has 0 aliphatic carbocycles. The average Bonchev–Trinajstić information content (AvgIpc) is 3.07. The van der Waals surface area contributed by atoms with Gasteiger partial charge in [-0.05, 0) is 50.1 Å². The van der Waals surface area contributed by atoms with Crippen LogP contribution in [-0.2, 0) is 22.4 Å². The van der Waals surface area contributed by atoms with Crippen LogP contribution in [0.15, 0.2) is 40.9 Å². The zero-order chi connectivity index (χ0) is 22.0. The van der Waals surface area contributed by atoms with Gasteiger partial charge in [0, 0.05) is 24.2 Å². The molecule has 0 bridgehead atoms. The molecule has 0 spiro atoms. The minimum absolute atomic E-state index is 0.0157. The number of rotatable bonds is 5.